The van der Waals surface area contributed by atoms with Gasteiger partial charge in [-0.15, -0.1) is 0 Å². The summed E-state index contributed by atoms with van der Waals surface area (Å²) in [5.74, 6) is 1.99. The van der Waals surface area contributed by atoms with Gasteiger partial charge in [0.25, 0.3) is 0 Å². The van der Waals surface area contributed by atoms with Crippen LogP contribution in [0.4, 0.5) is 10.5 Å². The van der Waals surface area contributed by atoms with Gasteiger partial charge in [0.15, 0.2) is 0 Å². The Morgan fingerprint density at radius 3 is 2.32 bits per heavy atom. The molecular formula is C19H24N2O4. The van der Waals surface area contributed by atoms with Gasteiger partial charge < -0.3 is 24.8 Å². The van der Waals surface area contributed by atoms with Gasteiger partial charge >= 0.3 is 6.03 Å². The Labute approximate surface area is 148 Å². The van der Waals surface area contributed by atoms with Crippen molar-refractivity contribution < 1.29 is 19.0 Å². The molecule has 2 aromatic carbocycles. The number of anilines is 1. The second kappa shape index (κ2) is 8.82. The van der Waals surface area contributed by atoms with E-state index in [2.05, 4.69) is 16.7 Å². The number of nitrogens with one attached hydrogen (secondary N) is 2. The number of ether oxygens (including phenoxy) is 3. The molecule has 0 aromatic heterocycles. The summed E-state index contributed by atoms with van der Waals surface area (Å²) in [5.41, 5.74) is 2.86. The van der Waals surface area contributed by atoms with E-state index >= 15 is 0 Å². The highest BCUT2D eigenvalue weighted by Crippen LogP contribution is 2.28. The fourth-order valence-corrected chi connectivity index (χ4v) is 2.42. The molecule has 0 radical (unpaired) electrons. The van der Waals surface area contributed by atoms with E-state index in [0.717, 1.165) is 16.9 Å². The number of carbonyl (C=O) groups excluding carboxylic acids is 1. The summed E-state index contributed by atoms with van der Waals surface area (Å²) in [6.07, 6.45) is 0. The number of hydrogen-bond donors (Lipinski definition) is 2. The predicted molar refractivity (Wildman–Crippen MR) is 98.0 cm³/mol. The highest BCUT2D eigenvalue weighted by molar-refractivity contribution is 5.91. The van der Waals surface area contributed by atoms with Crippen molar-refractivity contribution in [1.29, 1.82) is 0 Å². The molecule has 2 aromatic rings. The topological polar surface area (TPSA) is 68.8 Å². The van der Waals surface area contributed by atoms with Gasteiger partial charge in [-0.2, -0.15) is 0 Å². The number of rotatable bonds is 7. The molecule has 0 fully saturated rings. The van der Waals surface area contributed by atoms with Gasteiger partial charge in [0.1, 0.15) is 23.9 Å². The largest absolute Gasteiger partial charge is 0.497 e. The molecule has 25 heavy (non-hydrogen) atoms. The van der Waals surface area contributed by atoms with Crippen LogP contribution in [0.2, 0.25) is 0 Å². The maximum absolute atomic E-state index is 12.0. The van der Waals surface area contributed by atoms with Crippen molar-refractivity contribution in [2.75, 3.05) is 32.7 Å². The first-order chi connectivity index (χ1) is 12.0. The normalized spacial score (nSPS) is 10.1. The van der Waals surface area contributed by atoms with Crippen LogP contribution >= 0.6 is 0 Å². The maximum atomic E-state index is 12.0. The average molecular weight is 344 g/mol. The summed E-state index contributed by atoms with van der Waals surface area (Å²) in [6, 6.07) is 10.9. The molecule has 6 heteroatoms. The molecule has 6 nitrogen and oxygen atoms in total. The van der Waals surface area contributed by atoms with Crippen LogP contribution in [-0.2, 0) is 0 Å². The molecule has 0 heterocycles. The lowest BCUT2D eigenvalue weighted by Gasteiger charge is -2.13. The Morgan fingerprint density at radius 2 is 1.68 bits per heavy atom. The standard InChI is InChI=1S/C19H24N2O4/c1-13-9-14(2)11-16(10-13)25-8-7-20-19(22)21-17-6-5-15(23-3)12-18(17)24-4/h5-6,9-12H,7-8H2,1-4H3,(H2,20,21,22). The van der Waals surface area contributed by atoms with Crippen LogP contribution in [0.3, 0.4) is 0 Å². The Bertz CT molecular complexity index is 711. The quantitative estimate of drug-likeness (QED) is 0.754. The lowest BCUT2D eigenvalue weighted by Crippen LogP contribution is -2.32. The zero-order valence-electron chi connectivity index (χ0n) is 15.0. The van der Waals surface area contributed by atoms with Crippen LogP contribution in [0, 0.1) is 13.8 Å². The second-order valence-electron chi connectivity index (χ2n) is 5.62. The Balaban J connectivity index is 1.81. The summed E-state index contributed by atoms with van der Waals surface area (Å²) in [4.78, 5) is 12.0. The molecule has 0 saturated heterocycles. The number of amides is 2. The number of hydrogen-bond acceptors (Lipinski definition) is 4. The van der Waals surface area contributed by atoms with Crippen molar-refractivity contribution in [2.45, 2.75) is 13.8 Å². The van der Waals surface area contributed by atoms with E-state index in [4.69, 9.17) is 14.2 Å². The number of urea groups is 1. The molecule has 0 spiro atoms. The third kappa shape index (κ3) is 5.60. The minimum absolute atomic E-state index is 0.326. The molecule has 134 valence electrons. The van der Waals surface area contributed by atoms with Crippen molar-refractivity contribution in [2.24, 2.45) is 0 Å². The number of aryl methyl sites for hydroxylation is 2. The van der Waals surface area contributed by atoms with Gasteiger partial charge in [0.05, 0.1) is 26.5 Å². The van der Waals surface area contributed by atoms with Crippen LogP contribution in [0.25, 0.3) is 0 Å². The molecule has 2 N–H and O–H groups in total. The molecule has 0 aliphatic rings. The van der Waals surface area contributed by atoms with Crippen molar-refractivity contribution >= 4 is 11.7 Å². The van der Waals surface area contributed by atoms with Gasteiger partial charge in [-0.25, -0.2) is 4.79 Å². The van der Waals surface area contributed by atoms with Gasteiger partial charge in [0.2, 0.25) is 0 Å². The van der Waals surface area contributed by atoms with Gasteiger partial charge in [-0.3, -0.25) is 0 Å². The molecule has 0 unspecified atom stereocenters. The fraction of sp³-hybridized carbons (Fsp3) is 0.316. The minimum Gasteiger partial charge on any atom is -0.497 e. The number of benzene rings is 2. The summed E-state index contributed by atoms with van der Waals surface area (Å²) < 4.78 is 16.0. The number of carbonyl (C=O) groups is 1. The average Bonchev–Trinajstić information content (AvgIpc) is 2.58. The third-order valence-corrected chi connectivity index (χ3v) is 3.51. The van der Waals surface area contributed by atoms with E-state index in [1.807, 2.05) is 26.0 Å². The van der Waals surface area contributed by atoms with Crippen LogP contribution in [0.5, 0.6) is 17.2 Å². The third-order valence-electron chi connectivity index (χ3n) is 3.51. The van der Waals surface area contributed by atoms with E-state index in [1.165, 1.54) is 7.11 Å². The summed E-state index contributed by atoms with van der Waals surface area (Å²) in [7, 11) is 3.11. The van der Waals surface area contributed by atoms with Crippen LogP contribution in [0.15, 0.2) is 36.4 Å². The minimum atomic E-state index is -0.326. The van der Waals surface area contributed by atoms with E-state index in [1.54, 1.807) is 25.3 Å². The Morgan fingerprint density at radius 1 is 0.960 bits per heavy atom. The first-order valence-corrected chi connectivity index (χ1v) is 8.00. The molecule has 2 amide bonds. The summed E-state index contributed by atoms with van der Waals surface area (Å²) >= 11 is 0. The van der Waals surface area contributed by atoms with Crippen LogP contribution in [0.1, 0.15) is 11.1 Å². The van der Waals surface area contributed by atoms with Crippen molar-refractivity contribution in [3.63, 3.8) is 0 Å². The predicted octanol–water partition coefficient (Wildman–Crippen LogP) is 3.52. The SMILES string of the molecule is COc1ccc(NC(=O)NCCOc2cc(C)cc(C)c2)c(OC)c1. The molecule has 2 rings (SSSR count). The molecule has 0 saturated carbocycles. The van der Waals surface area contributed by atoms with Crippen molar-refractivity contribution in [3.8, 4) is 17.2 Å². The highest BCUT2D eigenvalue weighted by Gasteiger charge is 2.08. The van der Waals surface area contributed by atoms with Gasteiger partial charge in [-0.1, -0.05) is 6.07 Å². The highest BCUT2D eigenvalue weighted by atomic mass is 16.5. The summed E-state index contributed by atoms with van der Waals surface area (Å²) in [6.45, 7) is 4.81. The molecule has 0 aliphatic heterocycles. The maximum Gasteiger partial charge on any atom is 0.319 e. The number of methoxy groups -OCH3 is 2. The molecule has 0 bridgehead atoms. The van der Waals surface area contributed by atoms with Gasteiger partial charge in [0, 0.05) is 6.07 Å². The second-order valence-corrected chi connectivity index (χ2v) is 5.62. The monoisotopic (exact) mass is 344 g/mol. The first-order valence-electron chi connectivity index (χ1n) is 8.00. The van der Waals surface area contributed by atoms with Crippen LogP contribution < -0.4 is 24.8 Å². The van der Waals surface area contributed by atoms with Crippen molar-refractivity contribution in [3.05, 3.63) is 47.5 Å². The van der Waals surface area contributed by atoms with Gasteiger partial charge in [-0.05, 0) is 49.2 Å². The zero-order chi connectivity index (χ0) is 18.2. The van der Waals surface area contributed by atoms with E-state index in [9.17, 15) is 4.79 Å². The molecule has 0 atom stereocenters. The fourth-order valence-electron chi connectivity index (χ4n) is 2.42. The lowest BCUT2D eigenvalue weighted by atomic mass is 10.1. The van der Waals surface area contributed by atoms with Crippen LogP contribution in [-0.4, -0.2) is 33.4 Å². The zero-order valence-corrected chi connectivity index (χ0v) is 15.0. The first kappa shape index (κ1) is 18.4. The summed E-state index contributed by atoms with van der Waals surface area (Å²) in [5, 5.41) is 5.49. The smallest absolute Gasteiger partial charge is 0.319 e. The Kier molecular flexibility index (Phi) is 6.51. The lowest BCUT2D eigenvalue weighted by molar-refractivity contribution is 0.247. The van der Waals surface area contributed by atoms with E-state index in [0.29, 0.717) is 30.3 Å². The van der Waals surface area contributed by atoms with E-state index < -0.39 is 0 Å². The van der Waals surface area contributed by atoms with Crippen molar-refractivity contribution in [1.82, 2.24) is 5.32 Å². The van der Waals surface area contributed by atoms with E-state index in [-0.39, 0.29) is 6.03 Å². The Hall–Kier alpha value is -2.89. The molecule has 0 aliphatic carbocycles. The molecular weight excluding hydrogens is 320 g/mol.